The van der Waals surface area contributed by atoms with Gasteiger partial charge in [0.1, 0.15) is 0 Å². The standard InChI is InChI=1S/C15H24N2O/c1-3-17-15(7-6-13-5-4-10-18-13)14-11-16-9-8-12(14)2/h8-9,11,13,15,17H,3-7,10H2,1-2H3. The van der Waals surface area contributed by atoms with Crippen molar-refractivity contribution in [1.82, 2.24) is 10.3 Å². The maximum absolute atomic E-state index is 5.70. The van der Waals surface area contributed by atoms with E-state index in [1.54, 1.807) is 0 Å². The number of rotatable bonds is 6. The molecule has 0 bridgehead atoms. The molecule has 3 heteroatoms. The van der Waals surface area contributed by atoms with Crippen LogP contribution in [0.2, 0.25) is 0 Å². The van der Waals surface area contributed by atoms with Crippen LogP contribution in [-0.4, -0.2) is 24.2 Å². The van der Waals surface area contributed by atoms with Gasteiger partial charge in [-0.05, 0) is 56.3 Å². The van der Waals surface area contributed by atoms with Crippen molar-refractivity contribution in [1.29, 1.82) is 0 Å². The maximum atomic E-state index is 5.70. The number of aromatic nitrogens is 1. The molecule has 2 unspecified atom stereocenters. The summed E-state index contributed by atoms with van der Waals surface area (Å²) in [5, 5.41) is 3.57. The first-order valence-corrected chi connectivity index (χ1v) is 7.06. The SMILES string of the molecule is CCNC(CCC1CCCO1)c1cnccc1C. The van der Waals surface area contributed by atoms with Crippen LogP contribution >= 0.6 is 0 Å². The summed E-state index contributed by atoms with van der Waals surface area (Å²) in [6.45, 7) is 6.26. The van der Waals surface area contributed by atoms with E-state index in [9.17, 15) is 0 Å². The van der Waals surface area contributed by atoms with E-state index in [1.807, 2.05) is 12.4 Å². The number of nitrogens with one attached hydrogen (secondary N) is 1. The Bertz CT molecular complexity index is 361. The highest BCUT2D eigenvalue weighted by molar-refractivity contribution is 5.25. The molecule has 3 nitrogen and oxygen atoms in total. The summed E-state index contributed by atoms with van der Waals surface area (Å²) in [6.07, 6.45) is 9.06. The molecule has 0 aromatic carbocycles. The van der Waals surface area contributed by atoms with Crippen molar-refractivity contribution in [2.75, 3.05) is 13.2 Å². The van der Waals surface area contributed by atoms with Crippen LogP contribution in [-0.2, 0) is 4.74 Å². The van der Waals surface area contributed by atoms with E-state index in [0.717, 1.165) is 26.0 Å². The van der Waals surface area contributed by atoms with E-state index in [1.165, 1.54) is 24.0 Å². The molecule has 18 heavy (non-hydrogen) atoms. The number of aryl methyl sites for hydroxylation is 1. The highest BCUT2D eigenvalue weighted by Crippen LogP contribution is 2.25. The molecule has 1 saturated heterocycles. The van der Waals surface area contributed by atoms with Gasteiger partial charge in [0.2, 0.25) is 0 Å². The third kappa shape index (κ3) is 3.53. The van der Waals surface area contributed by atoms with Crippen LogP contribution in [0.1, 0.15) is 49.8 Å². The Hall–Kier alpha value is -0.930. The largest absolute Gasteiger partial charge is 0.378 e. The van der Waals surface area contributed by atoms with E-state index in [2.05, 4.69) is 30.2 Å². The van der Waals surface area contributed by atoms with Gasteiger partial charge in [0.05, 0.1) is 6.10 Å². The van der Waals surface area contributed by atoms with Gasteiger partial charge in [0.15, 0.2) is 0 Å². The van der Waals surface area contributed by atoms with Crippen molar-refractivity contribution in [3.05, 3.63) is 29.6 Å². The smallest absolute Gasteiger partial charge is 0.0576 e. The molecule has 2 rings (SSSR count). The van der Waals surface area contributed by atoms with Crippen LogP contribution in [0, 0.1) is 6.92 Å². The highest BCUT2D eigenvalue weighted by Gasteiger charge is 2.19. The van der Waals surface area contributed by atoms with Crippen molar-refractivity contribution in [3.8, 4) is 0 Å². The monoisotopic (exact) mass is 248 g/mol. The van der Waals surface area contributed by atoms with Crippen molar-refractivity contribution in [3.63, 3.8) is 0 Å². The summed E-state index contributed by atoms with van der Waals surface area (Å²) in [5.74, 6) is 0. The second-order valence-corrected chi connectivity index (χ2v) is 5.05. The van der Waals surface area contributed by atoms with Gasteiger partial charge in [0, 0.05) is 25.0 Å². The fraction of sp³-hybridized carbons (Fsp3) is 0.667. The Morgan fingerprint density at radius 3 is 3.11 bits per heavy atom. The molecule has 2 atom stereocenters. The number of pyridine rings is 1. The average molecular weight is 248 g/mol. The normalized spacial score (nSPS) is 21.1. The van der Waals surface area contributed by atoms with Crippen molar-refractivity contribution < 1.29 is 4.74 Å². The summed E-state index contributed by atoms with van der Waals surface area (Å²) < 4.78 is 5.70. The predicted octanol–water partition coefficient (Wildman–Crippen LogP) is 3.00. The molecule has 0 aliphatic carbocycles. The Balaban J connectivity index is 1.96. The third-order valence-corrected chi connectivity index (χ3v) is 3.71. The van der Waals surface area contributed by atoms with E-state index in [0.29, 0.717) is 12.1 Å². The summed E-state index contributed by atoms with van der Waals surface area (Å²) in [6, 6.07) is 2.50. The zero-order valence-corrected chi connectivity index (χ0v) is 11.5. The van der Waals surface area contributed by atoms with Crippen LogP contribution in [0.3, 0.4) is 0 Å². The van der Waals surface area contributed by atoms with Crippen LogP contribution in [0.5, 0.6) is 0 Å². The second-order valence-electron chi connectivity index (χ2n) is 5.05. The van der Waals surface area contributed by atoms with Gasteiger partial charge in [-0.25, -0.2) is 0 Å². The van der Waals surface area contributed by atoms with E-state index in [4.69, 9.17) is 4.74 Å². The van der Waals surface area contributed by atoms with Crippen LogP contribution in [0.4, 0.5) is 0 Å². The first-order chi connectivity index (χ1) is 8.81. The second kappa shape index (κ2) is 6.86. The van der Waals surface area contributed by atoms with Gasteiger partial charge in [-0.1, -0.05) is 6.92 Å². The summed E-state index contributed by atoms with van der Waals surface area (Å²) >= 11 is 0. The lowest BCUT2D eigenvalue weighted by molar-refractivity contribution is 0.0996. The van der Waals surface area contributed by atoms with Crippen molar-refractivity contribution in [2.24, 2.45) is 0 Å². The number of ether oxygens (including phenoxy) is 1. The molecule has 1 N–H and O–H groups in total. The molecule has 0 saturated carbocycles. The minimum atomic E-state index is 0.410. The number of nitrogens with zero attached hydrogens (tertiary/aromatic N) is 1. The lowest BCUT2D eigenvalue weighted by Crippen LogP contribution is -2.23. The molecule has 100 valence electrons. The average Bonchev–Trinajstić information content (AvgIpc) is 2.88. The minimum absolute atomic E-state index is 0.410. The van der Waals surface area contributed by atoms with Crippen LogP contribution in [0.25, 0.3) is 0 Å². The van der Waals surface area contributed by atoms with E-state index in [-0.39, 0.29) is 0 Å². The van der Waals surface area contributed by atoms with Crippen molar-refractivity contribution >= 4 is 0 Å². The summed E-state index contributed by atoms with van der Waals surface area (Å²) in [5.41, 5.74) is 2.65. The van der Waals surface area contributed by atoms with Crippen molar-refractivity contribution in [2.45, 2.75) is 51.7 Å². The minimum Gasteiger partial charge on any atom is -0.378 e. The van der Waals surface area contributed by atoms with Gasteiger partial charge in [-0.3, -0.25) is 4.98 Å². The molecule has 1 aromatic heterocycles. The summed E-state index contributed by atoms with van der Waals surface area (Å²) in [4.78, 5) is 4.26. The zero-order valence-electron chi connectivity index (χ0n) is 11.5. The highest BCUT2D eigenvalue weighted by atomic mass is 16.5. The van der Waals surface area contributed by atoms with Crippen LogP contribution < -0.4 is 5.32 Å². The third-order valence-electron chi connectivity index (χ3n) is 3.71. The Labute approximate surface area is 110 Å². The topological polar surface area (TPSA) is 34.1 Å². The Morgan fingerprint density at radius 1 is 1.56 bits per heavy atom. The first kappa shape index (κ1) is 13.5. The molecular weight excluding hydrogens is 224 g/mol. The molecule has 1 fully saturated rings. The lowest BCUT2D eigenvalue weighted by Gasteiger charge is -2.21. The molecule has 1 aliphatic rings. The maximum Gasteiger partial charge on any atom is 0.0576 e. The summed E-state index contributed by atoms with van der Waals surface area (Å²) in [7, 11) is 0. The van der Waals surface area contributed by atoms with Gasteiger partial charge in [-0.2, -0.15) is 0 Å². The Kier molecular flexibility index (Phi) is 5.14. The molecule has 0 radical (unpaired) electrons. The molecule has 0 spiro atoms. The molecular formula is C15H24N2O. The van der Waals surface area contributed by atoms with Gasteiger partial charge in [-0.15, -0.1) is 0 Å². The fourth-order valence-corrected chi connectivity index (χ4v) is 2.68. The Morgan fingerprint density at radius 2 is 2.44 bits per heavy atom. The predicted molar refractivity (Wildman–Crippen MR) is 73.6 cm³/mol. The van der Waals surface area contributed by atoms with Crippen LogP contribution in [0.15, 0.2) is 18.5 Å². The number of hydrogen-bond acceptors (Lipinski definition) is 3. The molecule has 1 aromatic rings. The van der Waals surface area contributed by atoms with E-state index >= 15 is 0 Å². The molecule has 2 heterocycles. The first-order valence-electron chi connectivity index (χ1n) is 7.06. The quantitative estimate of drug-likeness (QED) is 0.840. The lowest BCUT2D eigenvalue weighted by atomic mass is 9.97. The molecule has 1 aliphatic heterocycles. The zero-order chi connectivity index (χ0) is 12.8. The fourth-order valence-electron chi connectivity index (χ4n) is 2.68. The van der Waals surface area contributed by atoms with E-state index < -0.39 is 0 Å². The van der Waals surface area contributed by atoms with Gasteiger partial charge < -0.3 is 10.1 Å². The molecule has 0 amide bonds. The van der Waals surface area contributed by atoms with Gasteiger partial charge >= 0.3 is 0 Å². The van der Waals surface area contributed by atoms with Gasteiger partial charge in [0.25, 0.3) is 0 Å². The number of hydrogen-bond donors (Lipinski definition) is 1.